The highest BCUT2D eigenvalue weighted by Crippen LogP contribution is 2.33. The molecule has 2 amide bonds. The number of nitrogens with one attached hydrogen (secondary N) is 1. The number of nitrogens with two attached hydrogens (primary N) is 1. The first-order valence-electron chi connectivity index (χ1n) is 10.8. The number of primary amides is 1. The molecule has 5 rings (SSSR count). The Kier molecular flexibility index (Phi) is 5.13. The highest BCUT2D eigenvalue weighted by atomic mass is 16.5. The van der Waals surface area contributed by atoms with Gasteiger partial charge in [-0.1, -0.05) is 12.1 Å². The Morgan fingerprint density at radius 1 is 1.09 bits per heavy atom. The van der Waals surface area contributed by atoms with Gasteiger partial charge in [-0.3, -0.25) is 9.59 Å². The molecule has 8 heteroatoms. The molecule has 1 saturated heterocycles. The van der Waals surface area contributed by atoms with Crippen molar-refractivity contribution in [3.05, 3.63) is 48.3 Å². The minimum atomic E-state index is -0.540. The Morgan fingerprint density at radius 2 is 1.88 bits per heavy atom. The van der Waals surface area contributed by atoms with Gasteiger partial charge in [0.05, 0.1) is 18.2 Å². The van der Waals surface area contributed by atoms with E-state index in [9.17, 15) is 9.59 Å². The van der Waals surface area contributed by atoms with Crippen LogP contribution in [-0.4, -0.2) is 52.9 Å². The molecule has 0 bridgehead atoms. The third-order valence-corrected chi connectivity index (χ3v) is 6.20. The first-order valence-corrected chi connectivity index (χ1v) is 10.8. The molecular formula is C24H25N5O3. The molecule has 0 radical (unpaired) electrons. The van der Waals surface area contributed by atoms with Gasteiger partial charge in [-0.05, 0) is 54.7 Å². The molecular weight excluding hydrogens is 406 g/mol. The Morgan fingerprint density at radius 3 is 2.62 bits per heavy atom. The summed E-state index contributed by atoms with van der Waals surface area (Å²) in [5.74, 6) is 1.17. The van der Waals surface area contributed by atoms with E-state index in [0.717, 1.165) is 53.7 Å². The summed E-state index contributed by atoms with van der Waals surface area (Å²) >= 11 is 0. The number of likely N-dealkylation sites (tertiary alicyclic amines) is 1. The predicted octanol–water partition coefficient (Wildman–Crippen LogP) is 2.83. The van der Waals surface area contributed by atoms with Crippen LogP contribution in [0.15, 0.2) is 42.7 Å². The van der Waals surface area contributed by atoms with E-state index in [1.807, 2.05) is 29.2 Å². The van der Waals surface area contributed by atoms with Crippen molar-refractivity contribution in [2.45, 2.75) is 25.3 Å². The highest BCUT2D eigenvalue weighted by molar-refractivity contribution is 5.98. The summed E-state index contributed by atoms with van der Waals surface area (Å²) in [6.45, 7) is 1.48. The molecule has 2 aliphatic rings. The summed E-state index contributed by atoms with van der Waals surface area (Å²) < 4.78 is 5.25. The minimum absolute atomic E-state index is 0.155. The predicted molar refractivity (Wildman–Crippen MR) is 121 cm³/mol. The lowest BCUT2D eigenvalue weighted by molar-refractivity contribution is -0.131. The first kappa shape index (κ1) is 20.2. The lowest BCUT2D eigenvalue weighted by atomic mass is 10.0. The number of aromatic nitrogens is 2. The third-order valence-electron chi connectivity index (χ3n) is 6.20. The van der Waals surface area contributed by atoms with Gasteiger partial charge in [0.2, 0.25) is 5.91 Å². The maximum absolute atomic E-state index is 12.4. The van der Waals surface area contributed by atoms with Crippen molar-refractivity contribution >= 4 is 28.5 Å². The quantitative estimate of drug-likeness (QED) is 0.621. The van der Waals surface area contributed by atoms with Gasteiger partial charge in [-0.25, -0.2) is 9.97 Å². The summed E-state index contributed by atoms with van der Waals surface area (Å²) in [7, 11) is 1.51. The number of ether oxygens (including phenoxy) is 1. The number of anilines is 1. The fourth-order valence-corrected chi connectivity index (χ4v) is 4.29. The summed E-state index contributed by atoms with van der Waals surface area (Å²) in [5, 5.41) is 4.40. The van der Waals surface area contributed by atoms with E-state index >= 15 is 0 Å². The van der Waals surface area contributed by atoms with Gasteiger partial charge in [-0.2, -0.15) is 0 Å². The zero-order chi connectivity index (χ0) is 22.2. The maximum atomic E-state index is 12.4. The Balaban J connectivity index is 1.43. The molecule has 2 fully saturated rings. The number of carbonyl (C=O) groups excluding carboxylic acids is 2. The first-order chi connectivity index (χ1) is 15.5. The molecule has 1 aliphatic carbocycles. The van der Waals surface area contributed by atoms with Crippen molar-refractivity contribution in [1.82, 2.24) is 14.9 Å². The van der Waals surface area contributed by atoms with Crippen molar-refractivity contribution in [3.63, 3.8) is 0 Å². The summed E-state index contributed by atoms with van der Waals surface area (Å²) in [6.07, 6.45) is 4.49. The van der Waals surface area contributed by atoms with Crippen molar-refractivity contribution in [1.29, 1.82) is 0 Å². The van der Waals surface area contributed by atoms with Crippen LogP contribution in [0.1, 0.15) is 29.6 Å². The van der Waals surface area contributed by atoms with Crippen molar-refractivity contribution in [2.24, 2.45) is 11.7 Å². The molecule has 1 saturated carbocycles. The third kappa shape index (κ3) is 3.84. The number of hydrogen-bond donors (Lipinski definition) is 2. The van der Waals surface area contributed by atoms with E-state index in [-0.39, 0.29) is 17.9 Å². The fourth-order valence-electron chi connectivity index (χ4n) is 4.29. The second kappa shape index (κ2) is 8.11. The monoisotopic (exact) mass is 431 g/mol. The van der Waals surface area contributed by atoms with Gasteiger partial charge in [0.25, 0.3) is 5.91 Å². The number of amides is 2. The second-order valence-corrected chi connectivity index (χ2v) is 8.42. The molecule has 2 heterocycles. The normalized spacial score (nSPS) is 18.0. The van der Waals surface area contributed by atoms with Gasteiger partial charge >= 0.3 is 0 Å². The number of fused-ring (bicyclic) bond motifs is 1. The van der Waals surface area contributed by atoms with Crippen LogP contribution in [0.2, 0.25) is 0 Å². The van der Waals surface area contributed by atoms with Gasteiger partial charge in [-0.15, -0.1) is 0 Å². The molecule has 1 aromatic heterocycles. The van der Waals surface area contributed by atoms with Crippen LogP contribution in [0.25, 0.3) is 22.0 Å². The molecule has 3 N–H and O–H groups in total. The fraction of sp³-hybridized carbons (Fsp3) is 0.333. The Bertz CT molecular complexity index is 1210. The topological polar surface area (TPSA) is 110 Å². The largest absolute Gasteiger partial charge is 0.496 e. The van der Waals surface area contributed by atoms with Crippen LogP contribution in [0, 0.1) is 5.92 Å². The molecule has 0 spiro atoms. The van der Waals surface area contributed by atoms with E-state index in [4.69, 9.17) is 10.5 Å². The van der Waals surface area contributed by atoms with Gasteiger partial charge in [0, 0.05) is 30.4 Å². The zero-order valence-corrected chi connectivity index (χ0v) is 17.9. The van der Waals surface area contributed by atoms with E-state index in [1.54, 1.807) is 18.5 Å². The van der Waals surface area contributed by atoms with E-state index in [0.29, 0.717) is 17.9 Å². The van der Waals surface area contributed by atoms with Gasteiger partial charge in [0.15, 0.2) is 0 Å². The van der Waals surface area contributed by atoms with Crippen LogP contribution < -0.4 is 15.8 Å². The maximum Gasteiger partial charge on any atom is 0.252 e. The van der Waals surface area contributed by atoms with Crippen LogP contribution in [0.4, 0.5) is 5.82 Å². The SMILES string of the molecule is COc1ccc(-c2ccc3ncnc(N[C@H]4CCN(C(=O)C5CC5)C4)c3c2)cc1C(N)=O. The number of methoxy groups -OCH3 is 1. The number of hydrogen-bond acceptors (Lipinski definition) is 6. The molecule has 164 valence electrons. The highest BCUT2D eigenvalue weighted by Gasteiger charge is 2.36. The zero-order valence-electron chi connectivity index (χ0n) is 17.9. The Hall–Kier alpha value is -3.68. The molecule has 32 heavy (non-hydrogen) atoms. The lowest BCUT2D eigenvalue weighted by Gasteiger charge is -2.18. The van der Waals surface area contributed by atoms with Crippen LogP contribution in [0.5, 0.6) is 5.75 Å². The molecule has 2 aromatic carbocycles. The van der Waals surface area contributed by atoms with Crippen molar-refractivity contribution in [3.8, 4) is 16.9 Å². The lowest BCUT2D eigenvalue weighted by Crippen LogP contribution is -2.32. The summed E-state index contributed by atoms with van der Waals surface area (Å²) in [6, 6.07) is 11.4. The molecule has 1 atom stereocenters. The summed E-state index contributed by atoms with van der Waals surface area (Å²) in [4.78, 5) is 35.0. The smallest absolute Gasteiger partial charge is 0.252 e. The standard InChI is InChI=1S/C24H25N5O3/c1-32-21-7-5-16(11-19(21)22(25)30)15-4-6-20-18(10-15)23(27-13-26-20)28-17-8-9-29(12-17)24(31)14-2-3-14/h4-7,10-11,13-14,17H,2-3,8-9,12H2,1H3,(H2,25,30)(H,26,27,28)/t17-/m0/s1. The van der Waals surface area contributed by atoms with E-state index < -0.39 is 5.91 Å². The molecule has 0 unspecified atom stereocenters. The van der Waals surface area contributed by atoms with Gasteiger partial charge < -0.3 is 20.7 Å². The molecule has 8 nitrogen and oxygen atoms in total. The number of carbonyl (C=O) groups is 2. The average molecular weight is 431 g/mol. The van der Waals surface area contributed by atoms with Crippen LogP contribution in [0.3, 0.4) is 0 Å². The Labute approximate surface area is 185 Å². The van der Waals surface area contributed by atoms with Crippen molar-refractivity contribution in [2.75, 3.05) is 25.5 Å². The molecule has 1 aliphatic heterocycles. The van der Waals surface area contributed by atoms with Gasteiger partial charge in [0.1, 0.15) is 17.9 Å². The van der Waals surface area contributed by atoms with Crippen LogP contribution >= 0.6 is 0 Å². The number of rotatable bonds is 6. The number of benzene rings is 2. The number of nitrogens with zero attached hydrogens (tertiary/aromatic N) is 3. The molecule has 3 aromatic rings. The summed E-state index contributed by atoms with van der Waals surface area (Å²) in [5.41, 5.74) is 8.43. The van der Waals surface area contributed by atoms with Crippen molar-refractivity contribution < 1.29 is 14.3 Å². The van der Waals surface area contributed by atoms with Crippen LogP contribution in [-0.2, 0) is 4.79 Å². The average Bonchev–Trinajstić information content (AvgIpc) is 3.56. The van der Waals surface area contributed by atoms with E-state index in [2.05, 4.69) is 15.3 Å². The van der Waals surface area contributed by atoms with E-state index in [1.165, 1.54) is 7.11 Å². The second-order valence-electron chi connectivity index (χ2n) is 8.42. The minimum Gasteiger partial charge on any atom is -0.496 e.